The van der Waals surface area contributed by atoms with Gasteiger partial charge in [0, 0.05) is 23.0 Å². The summed E-state index contributed by atoms with van der Waals surface area (Å²) in [5, 5.41) is 4.90. The average molecular weight is 360 g/mol. The fourth-order valence-corrected chi connectivity index (χ4v) is 2.47. The van der Waals surface area contributed by atoms with Gasteiger partial charge < -0.3 is 4.42 Å². The number of hydrogen-bond acceptors (Lipinski definition) is 4. The zero-order valence-electron chi connectivity index (χ0n) is 12.2. The number of hydrazone groups is 1. The molecule has 0 aliphatic heterocycles. The zero-order chi connectivity index (χ0) is 16.9. The van der Waals surface area contributed by atoms with Gasteiger partial charge in [-0.25, -0.2) is 5.43 Å². The van der Waals surface area contributed by atoms with Gasteiger partial charge >= 0.3 is 0 Å². The number of nitrogens with zero attached hydrogens (tertiary/aromatic N) is 2. The number of aromatic nitrogens is 1. The first kappa shape index (κ1) is 16.2. The first-order chi connectivity index (χ1) is 11.6. The Hall–Kier alpha value is -2.63. The van der Waals surface area contributed by atoms with Crippen LogP contribution in [0.25, 0.3) is 11.3 Å². The van der Waals surface area contributed by atoms with Crippen molar-refractivity contribution in [3.05, 3.63) is 76.2 Å². The van der Waals surface area contributed by atoms with E-state index in [0.717, 1.165) is 5.56 Å². The quantitative estimate of drug-likeness (QED) is 0.554. The smallest absolute Gasteiger partial charge is 0.272 e. The minimum absolute atomic E-state index is 0.355. The summed E-state index contributed by atoms with van der Waals surface area (Å²) in [5.74, 6) is 0.700. The predicted molar refractivity (Wildman–Crippen MR) is 93.5 cm³/mol. The molecule has 2 heterocycles. The van der Waals surface area contributed by atoms with Crippen LogP contribution in [0.4, 0.5) is 0 Å². The molecule has 0 atom stereocenters. The van der Waals surface area contributed by atoms with Gasteiger partial charge in [0.25, 0.3) is 5.91 Å². The van der Waals surface area contributed by atoms with Crippen molar-refractivity contribution >= 4 is 35.3 Å². The molecule has 7 heteroatoms. The number of benzene rings is 1. The van der Waals surface area contributed by atoms with Crippen molar-refractivity contribution in [2.75, 3.05) is 0 Å². The third-order valence-corrected chi connectivity index (χ3v) is 3.65. The molecule has 1 amide bonds. The normalized spacial score (nSPS) is 10.9. The standard InChI is InChI=1S/C17H11Cl2N3O2/c18-12-3-5-14(15(19)8-12)16-6-4-13(24-16)10-21-22-17(23)11-2-1-7-20-9-11/h1-10H,(H,22,23)/b21-10+. The summed E-state index contributed by atoms with van der Waals surface area (Å²) < 4.78 is 5.64. The molecule has 0 saturated heterocycles. The number of amides is 1. The lowest BCUT2D eigenvalue weighted by molar-refractivity contribution is 0.0955. The molecule has 5 nitrogen and oxygen atoms in total. The molecular weight excluding hydrogens is 349 g/mol. The Balaban J connectivity index is 1.69. The van der Waals surface area contributed by atoms with Crippen molar-refractivity contribution in [3.63, 3.8) is 0 Å². The van der Waals surface area contributed by atoms with E-state index in [-0.39, 0.29) is 5.91 Å². The van der Waals surface area contributed by atoms with Gasteiger partial charge in [-0.15, -0.1) is 0 Å². The van der Waals surface area contributed by atoms with Gasteiger partial charge in [-0.3, -0.25) is 9.78 Å². The number of nitrogens with one attached hydrogen (secondary N) is 1. The monoisotopic (exact) mass is 359 g/mol. The number of rotatable bonds is 4. The summed E-state index contributed by atoms with van der Waals surface area (Å²) >= 11 is 12.0. The van der Waals surface area contributed by atoms with Gasteiger partial charge in [0.15, 0.2) is 0 Å². The van der Waals surface area contributed by atoms with E-state index in [2.05, 4.69) is 15.5 Å². The van der Waals surface area contributed by atoms with Crippen molar-refractivity contribution in [2.45, 2.75) is 0 Å². The zero-order valence-corrected chi connectivity index (χ0v) is 13.8. The Labute approximate surface area is 147 Å². The maximum atomic E-state index is 11.8. The maximum Gasteiger partial charge on any atom is 0.272 e. The number of halogens is 2. The lowest BCUT2D eigenvalue weighted by Gasteiger charge is -2.00. The third kappa shape index (κ3) is 3.82. The summed E-state index contributed by atoms with van der Waals surface area (Å²) in [7, 11) is 0. The molecule has 0 aliphatic carbocycles. The number of furan rings is 1. The van der Waals surface area contributed by atoms with Crippen LogP contribution in [-0.2, 0) is 0 Å². The highest BCUT2D eigenvalue weighted by atomic mass is 35.5. The molecule has 0 radical (unpaired) electrons. The first-order valence-corrected chi connectivity index (χ1v) is 7.68. The van der Waals surface area contributed by atoms with Crippen LogP contribution in [0.1, 0.15) is 16.1 Å². The minimum atomic E-state index is -0.355. The second-order valence-electron chi connectivity index (χ2n) is 4.77. The molecule has 0 unspecified atom stereocenters. The van der Waals surface area contributed by atoms with Crippen molar-refractivity contribution in [1.82, 2.24) is 10.4 Å². The molecule has 0 bridgehead atoms. The predicted octanol–water partition coefficient (Wildman–Crippen LogP) is 4.41. The number of carbonyl (C=O) groups is 1. The largest absolute Gasteiger partial charge is 0.455 e. The van der Waals surface area contributed by atoms with E-state index in [4.69, 9.17) is 27.6 Å². The van der Waals surface area contributed by atoms with Crippen LogP contribution < -0.4 is 5.43 Å². The van der Waals surface area contributed by atoms with E-state index in [1.807, 2.05) is 0 Å². The molecule has 0 fully saturated rings. The van der Waals surface area contributed by atoms with Crippen molar-refractivity contribution in [2.24, 2.45) is 5.10 Å². The fraction of sp³-hybridized carbons (Fsp3) is 0. The molecule has 1 N–H and O–H groups in total. The van der Waals surface area contributed by atoms with Crippen molar-refractivity contribution < 1.29 is 9.21 Å². The summed E-state index contributed by atoms with van der Waals surface area (Å²) in [5.41, 5.74) is 3.54. The summed E-state index contributed by atoms with van der Waals surface area (Å²) in [6.07, 6.45) is 4.45. The maximum absolute atomic E-state index is 11.8. The Kier molecular flexibility index (Phi) is 4.93. The van der Waals surface area contributed by atoms with Crippen LogP contribution in [0.5, 0.6) is 0 Å². The Morgan fingerprint density at radius 2 is 2.08 bits per heavy atom. The molecule has 2 aromatic heterocycles. The molecule has 0 saturated carbocycles. The highest BCUT2D eigenvalue weighted by Gasteiger charge is 2.08. The van der Waals surface area contributed by atoms with Crippen LogP contribution in [0.3, 0.4) is 0 Å². The number of pyridine rings is 1. The van der Waals surface area contributed by atoms with Crippen LogP contribution in [0, 0.1) is 0 Å². The van der Waals surface area contributed by atoms with Gasteiger partial charge in [-0.05, 0) is 42.5 Å². The molecule has 0 spiro atoms. The molecule has 3 rings (SSSR count). The van der Waals surface area contributed by atoms with Gasteiger partial charge in [-0.1, -0.05) is 23.2 Å². The Bertz CT molecular complexity index is 892. The average Bonchev–Trinajstić information content (AvgIpc) is 3.04. The Morgan fingerprint density at radius 1 is 1.21 bits per heavy atom. The summed E-state index contributed by atoms with van der Waals surface area (Å²) in [6.45, 7) is 0. The van der Waals surface area contributed by atoms with E-state index in [1.54, 1.807) is 48.7 Å². The molecule has 120 valence electrons. The topological polar surface area (TPSA) is 67.5 Å². The Morgan fingerprint density at radius 3 is 2.83 bits per heavy atom. The lowest BCUT2D eigenvalue weighted by atomic mass is 10.2. The first-order valence-electron chi connectivity index (χ1n) is 6.92. The second kappa shape index (κ2) is 7.29. The van der Waals surface area contributed by atoms with Gasteiger partial charge in [0.05, 0.1) is 16.8 Å². The van der Waals surface area contributed by atoms with E-state index in [0.29, 0.717) is 27.1 Å². The highest BCUT2D eigenvalue weighted by molar-refractivity contribution is 6.36. The summed E-state index contributed by atoms with van der Waals surface area (Å²) in [6, 6.07) is 11.9. The lowest BCUT2D eigenvalue weighted by Crippen LogP contribution is -2.17. The SMILES string of the molecule is O=C(N/N=C/c1ccc(-c2ccc(Cl)cc2Cl)o1)c1cccnc1. The van der Waals surface area contributed by atoms with Crippen LogP contribution in [-0.4, -0.2) is 17.1 Å². The van der Waals surface area contributed by atoms with E-state index >= 15 is 0 Å². The third-order valence-electron chi connectivity index (χ3n) is 3.10. The van der Waals surface area contributed by atoms with Gasteiger partial charge in [0.2, 0.25) is 0 Å². The molecule has 0 aliphatic rings. The molecular formula is C17H11Cl2N3O2. The molecule has 3 aromatic rings. The minimum Gasteiger partial charge on any atom is -0.455 e. The van der Waals surface area contributed by atoms with Crippen LogP contribution >= 0.6 is 23.2 Å². The highest BCUT2D eigenvalue weighted by Crippen LogP contribution is 2.31. The van der Waals surface area contributed by atoms with Crippen molar-refractivity contribution in [1.29, 1.82) is 0 Å². The van der Waals surface area contributed by atoms with E-state index in [9.17, 15) is 4.79 Å². The van der Waals surface area contributed by atoms with Crippen LogP contribution in [0.15, 0.2) is 64.4 Å². The second-order valence-corrected chi connectivity index (χ2v) is 5.61. The van der Waals surface area contributed by atoms with Gasteiger partial charge in [-0.2, -0.15) is 5.10 Å². The molecule has 24 heavy (non-hydrogen) atoms. The number of hydrogen-bond donors (Lipinski definition) is 1. The number of carbonyl (C=O) groups excluding carboxylic acids is 1. The van der Waals surface area contributed by atoms with Crippen LogP contribution in [0.2, 0.25) is 10.0 Å². The summed E-state index contributed by atoms with van der Waals surface area (Å²) in [4.78, 5) is 15.7. The van der Waals surface area contributed by atoms with E-state index < -0.39 is 0 Å². The fourth-order valence-electron chi connectivity index (χ4n) is 1.97. The molecule has 1 aromatic carbocycles. The van der Waals surface area contributed by atoms with Gasteiger partial charge in [0.1, 0.15) is 11.5 Å². The van der Waals surface area contributed by atoms with Crippen molar-refractivity contribution in [3.8, 4) is 11.3 Å². The van der Waals surface area contributed by atoms with E-state index in [1.165, 1.54) is 12.4 Å².